The van der Waals surface area contributed by atoms with Crippen molar-refractivity contribution in [2.24, 2.45) is 5.92 Å². The van der Waals surface area contributed by atoms with Crippen molar-refractivity contribution in [1.29, 1.82) is 0 Å². The normalized spacial score (nSPS) is 19.0. The van der Waals surface area contributed by atoms with E-state index in [2.05, 4.69) is 5.32 Å². The molecule has 5 heteroatoms. The quantitative estimate of drug-likeness (QED) is 0.863. The van der Waals surface area contributed by atoms with E-state index < -0.39 is 0 Å². The molecule has 0 aromatic heterocycles. The maximum Gasteiger partial charge on any atom is 0.168 e. The van der Waals surface area contributed by atoms with E-state index in [1.54, 1.807) is 26.4 Å². The summed E-state index contributed by atoms with van der Waals surface area (Å²) in [6.07, 6.45) is 1.91. The molecule has 0 bridgehead atoms. The average Bonchev–Trinajstić information content (AvgIpc) is 2.47. The second-order valence-electron chi connectivity index (χ2n) is 4.59. The Kier molecular flexibility index (Phi) is 4.66. The Bertz CT molecular complexity index is 470. The SMILES string of the molecule is COc1cc(Cl)c(C(=O)C2CCCNC2)cc1OC. The van der Waals surface area contributed by atoms with Gasteiger partial charge in [0.1, 0.15) is 0 Å². The van der Waals surface area contributed by atoms with Gasteiger partial charge in [-0.3, -0.25) is 4.79 Å². The molecule has 1 aliphatic rings. The van der Waals surface area contributed by atoms with Gasteiger partial charge in [-0.25, -0.2) is 0 Å². The molecule has 0 saturated carbocycles. The number of ether oxygens (including phenoxy) is 2. The molecule has 2 rings (SSSR count). The van der Waals surface area contributed by atoms with Crippen LogP contribution in [0.3, 0.4) is 0 Å². The van der Waals surface area contributed by atoms with Gasteiger partial charge >= 0.3 is 0 Å². The Hall–Kier alpha value is -1.26. The van der Waals surface area contributed by atoms with Crippen LogP contribution in [-0.4, -0.2) is 33.1 Å². The minimum Gasteiger partial charge on any atom is -0.493 e. The zero-order valence-electron chi connectivity index (χ0n) is 11.2. The predicted molar refractivity (Wildman–Crippen MR) is 74.5 cm³/mol. The molecule has 4 nitrogen and oxygen atoms in total. The summed E-state index contributed by atoms with van der Waals surface area (Å²) in [5.41, 5.74) is 0.507. The van der Waals surface area contributed by atoms with Crippen LogP contribution in [0.2, 0.25) is 5.02 Å². The van der Waals surface area contributed by atoms with Crippen molar-refractivity contribution in [3.05, 3.63) is 22.7 Å². The summed E-state index contributed by atoms with van der Waals surface area (Å²) < 4.78 is 10.4. The van der Waals surface area contributed by atoms with Crippen LogP contribution < -0.4 is 14.8 Å². The smallest absolute Gasteiger partial charge is 0.168 e. The average molecular weight is 284 g/mol. The van der Waals surface area contributed by atoms with Crippen molar-refractivity contribution < 1.29 is 14.3 Å². The third-order valence-electron chi connectivity index (χ3n) is 3.41. The summed E-state index contributed by atoms with van der Waals surface area (Å²) in [4.78, 5) is 12.5. The number of piperidine rings is 1. The van der Waals surface area contributed by atoms with Crippen molar-refractivity contribution in [2.75, 3.05) is 27.3 Å². The molecule has 19 heavy (non-hydrogen) atoms. The third-order valence-corrected chi connectivity index (χ3v) is 3.72. The molecule has 0 radical (unpaired) electrons. The molecule has 1 unspecified atom stereocenters. The summed E-state index contributed by atoms with van der Waals surface area (Å²) in [5.74, 6) is 1.12. The number of halogens is 1. The summed E-state index contributed by atoms with van der Waals surface area (Å²) in [6.45, 7) is 1.69. The first kappa shape index (κ1) is 14.2. The summed E-state index contributed by atoms with van der Waals surface area (Å²) in [6, 6.07) is 3.29. The van der Waals surface area contributed by atoms with E-state index in [9.17, 15) is 4.79 Å². The number of carbonyl (C=O) groups excluding carboxylic acids is 1. The molecule has 0 spiro atoms. The number of Topliss-reactive ketones (excluding diaryl/α,β-unsaturated/α-hetero) is 1. The van der Waals surface area contributed by atoms with Crippen LogP contribution in [0.4, 0.5) is 0 Å². The Morgan fingerprint density at radius 3 is 2.58 bits per heavy atom. The van der Waals surface area contributed by atoms with Crippen molar-refractivity contribution in [3.63, 3.8) is 0 Å². The number of hydrogen-bond donors (Lipinski definition) is 1. The predicted octanol–water partition coefficient (Wildman–Crippen LogP) is 2.54. The van der Waals surface area contributed by atoms with Crippen LogP contribution in [-0.2, 0) is 0 Å². The lowest BCUT2D eigenvalue weighted by molar-refractivity contribution is 0.0899. The van der Waals surface area contributed by atoms with Gasteiger partial charge in [-0.1, -0.05) is 11.6 Å². The second-order valence-corrected chi connectivity index (χ2v) is 5.00. The Labute approximate surface area is 118 Å². The molecule has 1 atom stereocenters. The van der Waals surface area contributed by atoms with Gasteiger partial charge in [0.25, 0.3) is 0 Å². The second kappa shape index (κ2) is 6.26. The number of rotatable bonds is 4. The van der Waals surface area contributed by atoms with E-state index in [0.29, 0.717) is 28.6 Å². The zero-order chi connectivity index (χ0) is 13.8. The van der Waals surface area contributed by atoms with E-state index >= 15 is 0 Å². The molecule has 1 N–H and O–H groups in total. The van der Waals surface area contributed by atoms with Crippen LogP contribution in [0.15, 0.2) is 12.1 Å². The summed E-state index contributed by atoms with van der Waals surface area (Å²) in [5, 5.41) is 3.65. The van der Waals surface area contributed by atoms with Crippen LogP contribution >= 0.6 is 11.6 Å². The minimum absolute atomic E-state index is 0.00986. The zero-order valence-corrected chi connectivity index (χ0v) is 11.9. The van der Waals surface area contributed by atoms with Gasteiger partial charge < -0.3 is 14.8 Å². The Balaban J connectivity index is 2.30. The van der Waals surface area contributed by atoms with Crippen molar-refractivity contribution in [2.45, 2.75) is 12.8 Å². The first-order valence-electron chi connectivity index (χ1n) is 6.33. The highest BCUT2D eigenvalue weighted by Gasteiger charge is 2.25. The maximum atomic E-state index is 12.5. The van der Waals surface area contributed by atoms with Crippen LogP contribution in [0.1, 0.15) is 23.2 Å². The van der Waals surface area contributed by atoms with Crippen molar-refractivity contribution in [1.82, 2.24) is 5.32 Å². The topological polar surface area (TPSA) is 47.6 Å². The van der Waals surface area contributed by atoms with Gasteiger partial charge in [0.05, 0.1) is 19.2 Å². The van der Waals surface area contributed by atoms with Crippen molar-refractivity contribution in [3.8, 4) is 11.5 Å². The molecule has 0 aliphatic carbocycles. The number of carbonyl (C=O) groups is 1. The fraction of sp³-hybridized carbons (Fsp3) is 0.500. The van der Waals surface area contributed by atoms with Gasteiger partial charge in [0, 0.05) is 24.1 Å². The lowest BCUT2D eigenvalue weighted by atomic mass is 9.91. The summed E-state index contributed by atoms with van der Waals surface area (Å²) in [7, 11) is 3.09. The number of benzene rings is 1. The van der Waals surface area contributed by atoms with Crippen LogP contribution in [0.5, 0.6) is 11.5 Å². The maximum absolute atomic E-state index is 12.5. The van der Waals surface area contributed by atoms with E-state index in [4.69, 9.17) is 21.1 Å². The third kappa shape index (κ3) is 3.01. The lowest BCUT2D eigenvalue weighted by Gasteiger charge is -2.22. The highest BCUT2D eigenvalue weighted by atomic mass is 35.5. The lowest BCUT2D eigenvalue weighted by Crippen LogP contribution is -2.34. The molecule has 1 aromatic carbocycles. The molecule has 1 aromatic rings. The van der Waals surface area contributed by atoms with Crippen molar-refractivity contribution >= 4 is 17.4 Å². The van der Waals surface area contributed by atoms with E-state index in [0.717, 1.165) is 19.4 Å². The Morgan fingerprint density at radius 1 is 1.32 bits per heavy atom. The monoisotopic (exact) mass is 283 g/mol. The fourth-order valence-corrected chi connectivity index (χ4v) is 2.59. The molecule has 1 saturated heterocycles. The highest BCUT2D eigenvalue weighted by Crippen LogP contribution is 2.34. The number of ketones is 1. The standard InChI is InChI=1S/C14H18ClNO3/c1-18-12-6-10(11(15)7-13(12)19-2)14(17)9-4-3-5-16-8-9/h6-7,9,16H,3-5,8H2,1-2H3. The number of methoxy groups -OCH3 is 2. The van der Waals surface area contributed by atoms with Gasteiger partial charge in [-0.05, 0) is 25.5 Å². The highest BCUT2D eigenvalue weighted by molar-refractivity contribution is 6.34. The molecule has 1 heterocycles. The van der Waals surface area contributed by atoms with E-state index in [1.807, 2.05) is 0 Å². The largest absolute Gasteiger partial charge is 0.493 e. The molecule has 0 amide bonds. The van der Waals surface area contributed by atoms with Gasteiger partial charge in [0.15, 0.2) is 17.3 Å². The summed E-state index contributed by atoms with van der Waals surface area (Å²) >= 11 is 6.17. The minimum atomic E-state index is -0.00986. The first-order chi connectivity index (χ1) is 9.17. The van der Waals surface area contributed by atoms with Gasteiger partial charge in [-0.2, -0.15) is 0 Å². The van der Waals surface area contributed by atoms with Crippen LogP contribution in [0, 0.1) is 5.92 Å². The van der Waals surface area contributed by atoms with Crippen LogP contribution in [0.25, 0.3) is 0 Å². The molecule has 1 aliphatic heterocycles. The molecule has 1 fully saturated rings. The van der Waals surface area contributed by atoms with E-state index in [1.165, 1.54) is 0 Å². The van der Waals surface area contributed by atoms with E-state index in [-0.39, 0.29) is 11.7 Å². The molecule has 104 valence electrons. The molecular formula is C14H18ClNO3. The van der Waals surface area contributed by atoms with Gasteiger partial charge in [-0.15, -0.1) is 0 Å². The Morgan fingerprint density at radius 2 is 2.00 bits per heavy atom. The number of hydrogen-bond acceptors (Lipinski definition) is 4. The molecular weight excluding hydrogens is 266 g/mol. The number of nitrogens with one attached hydrogen (secondary N) is 1. The first-order valence-corrected chi connectivity index (χ1v) is 6.71. The van der Waals surface area contributed by atoms with Gasteiger partial charge in [0.2, 0.25) is 0 Å². The fourth-order valence-electron chi connectivity index (χ4n) is 2.34.